The summed E-state index contributed by atoms with van der Waals surface area (Å²) in [6, 6.07) is 5.39. The second kappa shape index (κ2) is 2.99. The van der Waals surface area contributed by atoms with Gasteiger partial charge in [0.15, 0.2) is 0 Å². The first kappa shape index (κ1) is 7.51. The Bertz CT molecular complexity index is 223. The van der Waals surface area contributed by atoms with Gasteiger partial charge >= 0.3 is 0 Å². The van der Waals surface area contributed by atoms with Gasteiger partial charge in [-0.25, -0.2) is 4.98 Å². The zero-order chi connectivity index (χ0) is 7.56. The smallest absolute Gasteiger partial charge is 0.129 e. The Morgan fingerprint density at radius 3 is 2.70 bits per heavy atom. The third-order valence-corrected chi connectivity index (χ3v) is 1.41. The van der Waals surface area contributed by atoms with Crippen LogP contribution in [-0.2, 0) is 0 Å². The molecule has 3 heteroatoms. The van der Waals surface area contributed by atoms with Crippen molar-refractivity contribution in [3.05, 3.63) is 29.0 Å². The maximum absolute atomic E-state index is 5.62. The largest absolute Gasteiger partial charge is 0.323 e. The van der Waals surface area contributed by atoms with Gasteiger partial charge in [0.2, 0.25) is 0 Å². The minimum Gasteiger partial charge on any atom is -0.323 e. The van der Waals surface area contributed by atoms with Crippen molar-refractivity contribution in [1.82, 2.24) is 4.98 Å². The van der Waals surface area contributed by atoms with E-state index in [2.05, 4.69) is 4.98 Å². The first-order valence-corrected chi connectivity index (χ1v) is 3.46. The number of halogens is 1. The van der Waals surface area contributed by atoms with Crippen LogP contribution in [0.4, 0.5) is 0 Å². The van der Waals surface area contributed by atoms with Crippen LogP contribution in [0.1, 0.15) is 18.7 Å². The summed E-state index contributed by atoms with van der Waals surface area (Å²) < 4.78 is 0. The molecule has 0 aromatic carbocycles. The molecule has 0 spiro atoms. The molecule has 2 N–H and O–H groups in total. The van der Waals surface area contributed by atoms with E-state index in [1.165, 1.54) is 0 Å². The molecule has 0 radical (unpaired) electrons. The lowest BCUT2D eigenvalue weighted by atomic mass is 10.2. The molecule has 1 rings (SSSR count). The van der Waals surface area contributed by atoms with Crippen LogP contribution in [-0.4, -0.2) is 4.98 Å². The Morgan fingerprint density at radius 1 is 1.60 bits per heavy atom. The van der Waals surface area contributed by atoms with Gasteiger partial charge in [-0.15, -0.1) is 0 Å². The van der Waals surface area contributed by atoms with Gasteiger partial charge in [0.1, 0.15) is 5.15 Å². The molecule has 0 aliphatic rings. The Balaban J connectivity index is 2.96. The second-order valence-corrected chi connectivity index (χ2v) is 2.56. The van der Waals surface area contributed by atoms with Gasteiger partial charge in [0.05, 0.1) is 5.69 Å². The maximum Gasteiger partial charge on any atom is 0.129 e. The summed E-state index contributed by atoms with van der Waals surface area (Å²) in [5.74, 6) is 0. The number of nitrogens with zero attached hydrogens (tertiary/aromatic N) is 1. The molecule has 0 aliphatic carbocycles. The van der Waals surface area contributed by atoms with E-state index in [-0.39, 0.29) is 6.04 Å². The van der Waals surface area contributed by atoms with Crippen LogP contribution in [0.25, 0.3) is 0 Å². The summed E-state index contributed by atoms with van der Waals surface area (Å²) >= 11 is 5.62. The average Bonchev–Trinajstić information content (AvgIpc) is 1.88. The summed E-state index contributed by atoms with van der Waals surface area (Å²) in [6.07, 6.45) is 0. The van der Waals surface area contributed by atoms with Crippen molar-refractivity contribution in [2.24, 2.45) is 5.73 Å². The van der Waals surface area contributed by atoms with E-state index in [1.807, 2.05) is 19.1 Å². The molecular formula is C7H9ClN2. The van der Waals surface area contributed by atoms with E-state index in [9.17, 15) is 0 Å². The maximum atomic E-state index is 5.62. The van der Waals surface area contributed by atoms with Crippen molar-refractivity contribution in [1.29, 1.82) is 0 Å². The third-order valence-electron chi connectivity index (χ3n) is 1.20. The molecule has 10 heavy (non-hydrogen) atoms. The summed E-state index contributed by atoms with van der Waals surface area (Å²) in [5.41, 5.74) is 6.39. The fourth-order valence-electron chi connectivity index (χ4n) is 0.678. The zero-order valence-corrected chi connectivity index (χ0v) is 6.47. The highest BCUT2D eigenvalue weighted by molar-refractivity contribution is 6.29. The highest BCUT2D eigenvalue weighted by Crippen LogP contribution is 2.09. The van der Waals surface area contributed by atoms with Crippen LogP contribution >= 0.6 is 11.6 Å². The molecule has 0 bridgehead atoms. The number of pyridine rings is 1. The molecule has 0 unspecified atom stereocenters. The molecule has 0 aliphatic heterocycles. The van der Waals surface area contributed by atoms with Crippen LogP contribution in [0.15, 0.2) is 18.2 Å². The summed E-state index contributed by atoms with van der Waals surface area (Å²) in [4.78, 5) is 4.01. The molecule has 1 aromatic rings. The Kier molecular flexibility index (Phi) is 2.25. The van der Waals surface area contributed by atoms with Gasteiger partial charge in [0.25, 0.3) is 0 Å². The van der Waals surface area contributed by atoms with Crippen LogP contribution in [0.5, 0.6) is 0 Å². The quantitative estimate of drug-likeness (QED) is 0.630. The van der Waals surface area contributed by atoms with Gasteiger partial charge in [-0.05, 0) is 19.1 Å². The third kappa shape index (κ3) is 1.69. The second-order valence-electron chi connectivity index (χ2n) is 2.17. The van der Waals surface area contributed by atoms with Gasteiger partial charge < -0.3 is 5.73 Å². The van der Waals surface area contributed by atoms with Crippen molar-refractivity contribution in [2.45, 2.75) is 13.0 Å². The number of aromatic nitrogens is 1. The van der Waals surface area contributed by atoms with Crippen molar-refractivity contribution in [2.75, 3.05) is 0 Å². The Labute approximate surface area is 65.0 Å². The van der Waals surface area contributed by atoms with Crippen LogP contribution in [0.2, 0.25) is 5.15 Å². The lowest BCUT2D eigenvalue weighted by Crippen LogP contribution is -2.06. The molecule has 1 atom stereocenters. The standard InChI is InChI=1S/C7H9ClN2/c1-5(9)6-3-2-4-7(8)10-6/h2-5H,9H2,1H3/t5-/m1/s1. The van der Waals surface area contributed by atoms with E-state index < -0.39 is 0 Å². The monoisotopic (exact) mass is 156 g/mol. The topological polar surface area (TPSA) is 38.9 Å². The van der Waals surface area contributed by atoms with Crippen LogP contribution in [0, 0.1) is 0 Å². The molecule has 0 saturated carbocycles. The average molecular weight is 157 g/mol. The lowest BCUT2D eigenvalue weighted by molar-refractivity contribution is 0.781. The van der Waals surface area contributed by atoms with E-state index in [4.69, 9.17) is 17.3 Å². The van der Waals surface area contributed by atoms with Crippen molar-refractivity contribution >= 4 is 11.6 Å². The SMILES string of the molecule is C[C@@H](N)c1cccc(Cl)n1. The predicted octanol–water partition coefficient (Wildman–Crippen LogP) is 1.75. The van der Waals surface area contributed by atoms with E-state index in [1.54, 1.807) is 6.07 Å². The number of nitrogens with two attached hydrogens (primary N) is 1. The van der Waals surface area contributed by atoms with Crippen LogP contribution in [0.3, 0.4) is 0 Å². The number of hydrogen-bond donors (Lipinski definition) is 1. The predicted molar refractivity (Wildman–Crippen MR) is 41.8 cm³/mol. The van der Waals surface area contributed by atoms with E-state index in [0.29, 0.717) is 5.15 Å². The van der Waals surface area contributed by atoms with Gasteiger partial charge in [-0.1, -0.05) is 17.7 Å². The first-order chi connectivity index (χ1) is 4.70. The molecule has 1 aromatic heterocycles. The lowest BCUT2D eigenvalue weighted by Gasteiger charge is -2.02. The molecule has 0 saturated heterocycles. The van der Waals surface area contributed by atoms with E-state index >= 15 is 0 Å². The van der Waals surface area contributed by atoms with Gasteiger partial charge in [-0.3, -0.25) is 0 Å². The minimum atomic E-state index is -0.0429. The molecular weight excluding hydrogens is 148 g/mol. The normalized spacial score (nSPS) is 13.1. The van der Waals surface area contributed by atoms with Crippen LogP contribution < -0.4 is 5.73 Å². The van der Waals surface area contributed by atoms with Crippen molar-refractivity contribution in [3.8, 4) is 0 Å². The molecule has 0 amide bonds. The van der Waals surface area contributed by atoms with Crippen molar-refractivity contribution in [3.63, 3.8) is 0 Å². The molecule has 1 heterocycles. The first-order valence-electron chi connectivity index (χ1n) is 3.08. The fourth-order valence-corrected chi connectivity index (χ4v) is 0.848. The molecule has 0 fully saturated rings. The zero-order valence-electron chi connectivity index (χ0n) is 5.71. The van der Waals surface area contributed by atoms with E-state index in [0.717, 1.165) is 5.69 Å². The van der Waals surface area contributed by atoms with Gasteiger partial charge in [0, 0.05) is 6.04 Å². The number of hydrogen-bond acceptors (Lipinski definition) is 2. The molecule has 54 valence electrons. The highest BCUT2D eigenvalue weighted by atomic mass is 35.5. The Hall–Kier alpha value is -0.600. The number of rotatable bonds is 1. The summed E-state index contributed by atoms with van der Waals surface area (Å²) in [6.45, 7) is 1.87. The highest BCUT2D eigenvalue weighted by Gasteiger charge is 1.99. The van der Waals surface area contributed by atoms with Gasteiger partial charge in [-0.2, -0.15) is 0 Å². The fraction of sp³-hybridized carbons (Fsp3) is 0.286. The summed E-state index contributed by atoms with van der Waals surface area (Å²) in [5, 5.41) is 0.495. The Morgan fingerprint density at radius 2 is 2.30 bits per heavy atom. The molecule has 2 nitrogen and oxygen atoms in total. The minimum absolute atomic E-state index is 0.0429. The summed E-state index contributed by atoms with van der Waals surface area (Å²) in [7, 11) is 0. The van der Waals surface area contributed by atoms with Crippen molar-refractivity contribution < 1.29 is 0 Å².